The highest BCUT2D eigenvalue weighted by Crippen LogP contribution is 2.30. The largest absolute Gasteiger partial charge is 0.496 e. The monoisotopic (exact) mass is 347 g/mol. The predicted octanol–water partition coefficient (Wildman–Crippen LogP) is 4.30. The van der Waals surface area contributed by atoms with E-state index in [2.05, 4.69) is 31.2 Å². The van der Waals surface area contributed by atoms with Gasteiger partial charge in [-0.25, -0.2) is 4.98 Å². The molecule has 18 heavy (non-hydrogen) atoms. The Morgan fingerprint density at radius 3 is 2.78 bits per heavy atom. The Balaban J connectivity index is 2.28. The fraction of sp³-hybridized carbons (Fsp3) is 0.0909. The number of nitrogens with one attached hydrogen (secondary N) is 1. The summed E-state index contributed by atoms with van der Waals surface area (Å²) in [7, 11) is 1.61. The van der Waals surface area contributed by atoms with Gasteiger partial charge >= 0.3 is 0 Å². The molecular formula is C11H8BrCl2N3O. The minimum atomic E-state index is 0.134. The van der Waals surface area contributed by atoms with Crippen molar-refractivity contribution in [3.63, 3.8) is 0 Å². The summed E-state index contributed by atoms with van der Waals surface area (Å²) in [6, 6.07) is 5.52. The number of nitrogens with zero attached hydrogens (tertiary/aromatic N) is 2. The van der Waals surface area contributed by atoms with Crippen molar-refractivity contribution in [1.29, 1.82) is 0 Å². The molecule has 0 unspecified atom stereocenters. The number of ether oxygens (including phenoxy) is 1. The van der Waals surface area contributed by atoms with Gasteiger partial charge in [-0.3, -0.25) is 0 Å². The van der Waals surface area contributed by atoms with E-state index in [1.807, 2.05) is 18.2 Å². The molecular weight excluding hydrogens is 341 g/mol. The van der Waals surface area contributed by atoms with Crippen LogP contribution in [0.15, 0.2) is 28.9 Å². The fourth-order valence-corrected chi connectivity index (χ4v) is 2.13. The highest BCUT2D eigenvalue weighted by Gasteiger charge is 2.06. The van der Waals surface area contributed by atoms with Crippen molar-refractivity contribution in [2.24, 2.45) is 0 Å². The zero-order valence-electron chi connectivity index (χ0n) is 9.25. The summed E-state index contributed by atoms with van der Waals surface area (Å²) in [4.78, 5) is 7.78. The molecule has 1 aromatic heterocycles. The topological polar surface area (TPSA) is 47.0 Å². The summed E-state index contributed by atoms with van der Waals surface area (Å²) >= 11 is 15.1. The minimum Gasteiger partial charge on any atom is -0.496 e. The normalized spacial score (nSPS) is 10.2. The van der Waals surface area contributed by atoms with Crippen LogP contribution in [0.4, 0.5) is 11.5 Å². The van der Waals surface area contributed by atoms with Gasteiger partial charge < -0.3 is 10.1 Å². The summed E-state index contributed by atoms with van der Waals surface area (Å²) in [6.07, 6.45) is 1.44. The first-order valence-corrected chi connectivity index (χ1v) is 6.43. The minimum absolute atomic E-state index is 0.134. The Morgan fingerprint density at radius 1 is 1.33 bits per heavy atom. The van der Waals surface area contributed by atoms with Gasteiger partial charge in [-0.05, 0) is 45.7 Å². The molecule has 1 aromatic carbocycles. The molecule has 4 nitrogen and oxygen atoms in total. The summed E-state index contributed by atoms with van der Waals surface area (Å²) in [5.74, 6) is 1.20. The van der Waals surface area contributed by atoms with Crippen LogP contribution >= 0.6 is 39.1 Å². The zero-order chi connectivity index (χ0) is 13.1. The third-order valence-corrected chi connectivity index (χ3v) is 3.21. The van der Waals surface area contributed by atoms with Crippen molar-refractivity contribution in [2.75, 3.05) is 12.4 Å². The number of halogens is 3. The first-order chi connectivity index (χ1) is 8.60. The second-order valence-electron chi connectivity index (χ2n) is 3.31. The van der Waals surface area contributed by atoms with Gasteiger partial charge in [0.05, 0.1) is 17.8 Å². The maximum Gasteiger partial charge on any atom is 0.224 e. The maximum atomic E-state index is 5.96. The molecule has 0 bridgehead atoms. The van der Waals surface area contributed by atoms with E-state index in [9.17, 15) is 0 Å². The van der Waals surface area contributed by atoms with Crippen LogP contribution in [0, 0.1) is 0 Å². The second kappa shape index (κ2) is 5.73. The molecule has 7 heteroatoms. The number of hydrogen-bond acceptors (Lipinski definition) is 4. The van der Waals surface area contributed by atoms with E-state index in [1.54, 1.807) is 7.11 Å². The van der Waals surface area contributed by atoms with Gasteiger partial charge in [-0.15, -0.1) is 0 Å². The van der Waals surface area contributed by atoms with E-state index < -0.39 is 0 Å². The summed E-state index contributed by atoms with van der Waals surface area (Å²) in [5, 5.41) is 3.58. The zero-order valence-corrected chi connectivity index (χ0v) is 12.3. The van der Waals surface area contributed by atoms with Crippen molar-refractivity contribution in [3.8, 4) is 5.75 Å². The van der Waals surface area contributed by atoms with Crippen molar-refractivity contribution < 1.29 is 4.74 Å². The van der Waals surface area contributed by atoms with Crippen LogP contribution in [0.5, 0.6) is 5.75 Å². The van der Waals surface area contributed by atoms with Gasteiger partial charge in [0.1, 0.15) is 10.8 Å². The van der Waals surface area contributed by atoms with Gasteiger partial charge in [0.2, 0.25) is 5.28 Å². The molecule has 0 saturated carbocycles. The first-order valence-electron chi connectivity index (χ1n) is 4.89. The van der Waals surface area contributed by atoms with E-state index in [1.165, 1.54) is 6.20 Å². The molecule has 0 spiro atoms. The molecule has 0 aliphatic carbocycles. The summed E-state index contributed by atoms with van der Waals surface area (Å²) < 4.78 is 5.97. The Bertz CT molecular complexity index is 580. The molecule has 2 rings (SSSR count). The van der Waals surface area contributed by atoms with Crippen molar-refractivity contribution in [1.82, 2.24) is 9.97 Å². The Kier molecular flexibility index (Phi) is 4.27. The number of benzene rings is 1. The lowest BCUT2D eigenvalue weighted by atomic mass is 10.3. The van der Waals surface area contributed by atoms with E-state index in [0.717, 1.165) is 15.9 Å². The van der Waals surface area contributed by atoms with E-state index in [4.69, 9.17) is 27.9 Å². The summed E-state index contributed by atoms with van der Waals surface area (Å²) in [6.45, 7) is 0. The number of rotatable bonds is 3. The smallest absolute Gasteiger partial charge is 0.224 e. The van der Waals surface area contributed by atoms with Crippen LogP contribution in [-0.4, -0.2) is 17.1 Å². The summed E-state index contributed by atoms with van der Waals surface area (Å²) in [5.41, 5.74) is 0.805. The van der Waals surface area contributed by atoms with Crippen LogP contribution in [-0.2, 0) is 0 Å². The molecule has 0 saturated heterocycles. The third kappa shape index (κ3) is 3.04. The van der Waals surface area contributed by atoms with Crippen molar-refractivity contribution >= 4 is 50.6 Å². The average Bonchev–Trinajstić information content (AvgIpc) is 2.34. The fourth-order valence-electron chi connectivity index (χ4n) is 1.31. The first kappa shape index (κ1) is 13.4. The SMILES string of the molecule is COc1ccc(Nc2nc(Cl)ncc2Cl)cc1Br. The van der Waals surface area contributed by atoms with E-state index in [0.29, 0.717) is 10.8 Å². The van der Waals surface area contributed by atoms with Crippen LogP contribution in [0.2, 0.25) is 10.3 Å². The van der Waals surface area contributed by atoms with Gasteiger partial charge in [0.15, 0.2) is 5.82 Å². The van der Waals surface area contributed by atoms with Crippen LogP contribution < -0.4 is 10.1 Å². The number of methoxy groups -OCH3 is 1. The lowest BCUT2D eigenvalue weighted by molar-refractivity contribution is 0.412. The molecule has 2 aromatic rings. The molecule has 0 radical (unpaired) electrons. The van der Waals surface area contributed by atoms with Crippen molar-refractivity contribution in [3.05, 3.63) is 39.2 Å². The van der Waals surface area contributed by atoms with Crippen LogP contribution in [0.25, 0.3) is 0 Å². The highest BCUT2D eigenvalue weighted by atomic mass is 79.9. The average molecular weight is 349 g/mol. The van der Waals surface area contributed by atoms with Crippen LogP contribution in [0.1, 0.15) is 0 Å². The second-order valence-corrected chi connectivity index (χ2v) is 4.91. The number of aromatic nitrogens is 2. The Hall–Kier alpha value is -1.04. The Labute approximate surface area is 122 Å². The number of anilines is 2. The van der Waals surface area contributed by atoms with Gasteiger partial charge in [-0.1, -0.05) is 11.6 Å². The molecule has 0 atom stereocenters. The molecule has 1 N–H and O–H groups in total. The Morgan fingerprint density at radius 2 is 2.11 bits per heavy atom. The van der Waals surface area contributed by atoms with Gasteiger partial charge in [0.25, 0.3) is 0 Å². The molecule has 0 amide bonds. The lowest BCUT2D eigenvalue weighted by Crippen LogP contribution is -1.96. The highest BCUT2D eigenvalue weighted by molar-refractivity contribution is 9.10. The molecule has 0 aliphatic heterocycles. The van der Waals surface area contributed by atoms with E-state index in [-0.39, 0.29) is 5.28 Å². The van der Waals surface area contributed by atoms with E-state index >= 15 is 0 Å². The molecule has 94 valence electrons. The standard InChI is InChI=1S/C11H8BrCl2N3O/c1-18-9-3-2-6(4-7(9)12)16-10-8(13)5-15-11(14)17-10/h2-5H,1H3,(H,15,16,17). The molecule has 0 fully saturated rings. The lowest BCUT2D eigenvalue weighted by Gasteiger charge is -2.09. The van der Waals surface area contributed by atoms with Gasteiger partial charge in [0, 0.05) is 5.69 Å². The maximum absolute atomic E-state index is 5.96. The third-order valence-electron chi connectivity index (χ3n) is 2.13. The number of hydrogen-bond donors (Lipinski definition) is 1. The van der Waals surface area contributed by atoms with Crippen molar-refractivity contribution in [2.45, 2.75) is 0 Å². The molecule has 1 heterocycles. The predicted molar refractivity (Wildman–Crippen MR) is 76.0 cm³/mol. The van der Waals surface area contributed by atoms with Crippen LogP contribution in [0.3, 0.4) is 0 Å². The molecule has 0 aliphatic rings. The quantitative estimate of drug-likeness (QED) is 0.840. The van der Waals surface area contributed by atoms with Gasteiger partial charge in [-0.2, -0.15) is 4.98 Å².